The molecule has 0 radical (unpaired) electrons. The third kappa shape index (κ3) is 7.74. The number of nitrogens with zero attached hydrogens (tertiary/aromatic N) is 1. The zero-order chi connectivity index (χ0) is 21.3. The SMILES string of the molecule is CC(=O)OC[C@H]1O[C@H](SCCC#N)[C@H](OC(C)=O)[C@@H](OC(C)=O)[C@@H]1OC(C)=O. The third-order valence-corrected chi connectivity index (χ3v) is 4.59. The van der Waals surface area contributed by atoms with Gasteiger partial charge in [0, 0.05) is 39.9 Å². The Labute approximate surface area is 166 Å². The van der Waals surface area contributed by atoms with Gasteiger partial charge in [-0.15, -0.1) is 11.8 Å². The molecule has 11 heteroatoms. The lowest BCUT2D eigenvalue weighted by Crippen LogP contribution is -2.61. The second-order valence-electron chi connectivity index (χ2n) is 5.85. The summed E-state index contributed by atoms with van der Waals surface area (Å²) in [5.74, 6) is -2.25. The van der Waals surface area contributed by atoms with Crippen molar-refractivity contribution >= 4 is 35.6 Å². The molecule has 1 saturated heterocycles. The van der Waals surface area contributed by atoms with Gasteiger partial charge in [-0.2, -0.15) is 5.26 Å². The molecule has 0 N–H and O–H groups in total. The fourth-order valence-electron chi connectivity index (χ4n) is 2.54. The van der Waals surface area contributed by atoms with Crippen molar-refractivity contribution in [2.75, 3.05) is 12.4 Å². The van der Waals surface area contributed by atoms with Gasteiger partial charge in [0.25, 0.3) is 0 Å². The molecule has 0 aromatic heterocycles. The van der Waals surface area contributed by atoms with Gasteiger partial charge in [-0.25, -0.2) is 0 Å². The van der Waals surface area contributed by atoms with Crippen LogP contribution in [0.3, 0.4) is 0 Å². The Morgan fingerprint density at radius 1 is 0.893 bits per heavy atom. The van der Waals surface area contributed by atoms with Crippen LogP contribution in [0, 0.1) is 11.3 Å². The summed E-state index contributed by atoms with van der Waals surface area (Å²) in [6.45, 7) is 4.42. The fourth-order valence-corrected chi connectivity index (χ4v) is 3.61. The van der Waals surface area contributed by atoms with Crippen LogP contribution >= 0.6 is 11.8 Å². The average Bonchev–Trinajstić information content (AvgIpc) is 2.57. The first-order valence-corrected chi connectivity index (χ1v) is 9.49. The molecule has 0 bridgehead atoms. The molecule has 0 saturated carbocycles. The molecule has 1 rings (SSSR count). The number of hydrogen-bond donors (Lipinski definition) is 0. The Kier molecular flexibility index (Phi) is 9.75. The minimum Gasteiger partial charge on any atom is -0.463 e. The van der Waals surface area contributed by atoms with E-state index in [4.69, 9.17) is 28.9 Å². The molecule has 1 heterocycles. The predicted octanol–water partition coefficient (Wildman–Crippen LogP) is 0.716. The molecule has 0 aromatic rings. The molecule has 1 aliphatic heterocycles. The number of rotatable bonds is 8. The molecule has 5 atom stereocenters. The molecule has 10 nitrogen and oxygen atoms in total. The van der Waals surface area contributed by atoms with Crippen LogP contribution < -0.4 is 0 Å². The Morgan fingerprint density at radius 3 is 1.93 bits per heavy atom. The van der Waals surface area contributed by atoms with Gasteiger partial charge < -0.3 is 23.7 Å². The highest BCUT2D eigenvalue weighted by Gasteiger charge is 2.52. The van der Waals surface area contributed by atoms with Crippen LogP contribution in [0.1, 0.15) is 34.1 Å². The zero-order valence-corrected chi connectivity index (χ0v) is 16.9. The van der Waals surface area contributed by atoms with E-state index in [2.05, 4.69) is 0 Å². The molecule has 1 aliphatic rings. The Hall–Kier alpha value is -2.32. The third-order valence-electron chi connectivity index (χ3n) is 3.44. The Morgan fingerprint density at radius 2 is 1.43 bits per heavy atom. The highest BCUT2D eigenvalue weighted by atomic mass is 32.2. The first kappa shape index (κ1) is 23.7. The van der Waals surface area contributed by atoms with Crippen LogP contribution in [0.5, 0.6) is 0 Å². The number of ether oxygens (including phenoxy) is 5. The largest absolute Gasteiger partial charge is 0.463 e. The number of carbonyl (C=O) groups is 4. The van der Waals surface area contributed by atoms with Crippen LogP contribution in [-0.4, -0.2) is 66.1 Å². The van der Waals surface area contributed by atoms with Crippen LogP contribution in [0.15, 0.2) is 0 Å². The Bertz CT molecular complexity index is 633. The monoisotopic (exact) mass is 417 g/mol. The first-order chi connectivity index (χ1) is 13.1. The average molecular weight is 417 g/mol. The number of thioether (sulfide) groups is 1. The molecule has 0 amide bonds. The van der Waals surface area contributed by atoms with Crippen LogP contribution in [0.4, 0.5) is 0 Å². The van der Waals surface area contributed by atoms with E-state index >= 15 is 0 Å². The van der Waals surface area contributed by atoms with E-state index < -0.39 is 53.7 Å². The summed E-state index contributed by atoms with van der Waals surface area (Å²) < 4.78 is 26.7. The lowest BCUT2D eigenvalue weighted by molar-refractivity contribution is -0.237. The van der Waals surface area contributed by atoms with Gasteiger partial charge in [0.1, 0.15) is 18.1 Å². The number of carbonyl (C=O) groups excluding carboxylic acids is 4. The fraction of sp³-hybridized carbons (Fsp3) is 0.706. The van der Waals surface area contributed by atoms with Crippen molar-refractivity contribution in [1.29, 1.82) is 5.26 Å². The molecule has 156 valence electrons. The summed E-state index contributed by atoms with van der Waals surface area (Å²) in [4.78, 5) is 46.0. The standard InChI is InChI=1S/C17H23NO9S/c1-9(19)23-8-13-14(24-10(2)20)15(25-11(3)21)16(26-12(4)22)17(27-13)28-7-5-6-18/h13-17H,5,7-8H2,1-4H3/t13-,14-,15+,16-,17-/m1/s1. The van der Waals surface area contributed by atoms with Crippen molar-refractivity contribution in [2.24, 2.45) is 0 Å². The summed E-state index contributed by atoms with van der Waals surface area (Å²) in [6.07, 6.45) is -4.21. The molecule has 0 aliphatic carbocycles. The summed E-state index contributed by atoms with van der Waals surface area (Å²) >= 11 is 1.17. The summed E-state index contributed by atoms with van der Waals surface area (Å²) in [5.41, 5.74) is -0.839. The van der Waals surface area contributed by atoms with Crippen molar-refractivity contribution in [2.45, 2.75) is 64.0 Å². The maximum atomic E-state index is 11.6. The summed E-state index contributed by atoms with van der Waals surface area (Å²) in [5, 5.41) is 8.74. The van der Waals surface area contributed by atoms with E-state index in [0.29, 0.717) is 5.75 Å². The van der Waals surface area contributed by atoms with Crippen molar-refractivity contribution in [3.63, 3.8) is 0 Å². The minimum absolute atomic E-state index is 0.206. The second-order valence-corrected chi connectivity index (χ2v) is 7.05. The lowest BCUT2D eigenvalue weighted by Gasteiger charge is -2.44. The van der Waals surface area contributed by atoms with Gasteiger partial charge in [-0.1, -0.05) is 0 Å². The molecule has 28 heavy (non-hydrogen) atoms. The van der Waals surface area contributed by atoms with Gasteiger partial charge in [0.05, 0.1) is 6.07 Å². The van der Waals surface area contributed by atoms with Gasteiger partial charge in [0.2, 0.25) is 0 Å². The summed E-state index contributed by atoms with van der Waals surface area (Å²) in [7, 11) is 0. The van der Waals surface area contributed by atoms with E-state index in [-0.39, 0.29) is 13.0 Å². The maximum Gasteiger partial charge on any atom is 0.303 e. The van der Waals surface area contributed by atoms with Gasteiger partial charge >= 0.3 is 23.9 Å². The molecule has 1 fully saturated rings. The van der Waals surface area contributed by atoms with E-state index in [1.165, 1.54) is 25.6 Å². The molecule has 0 unspecified atom stereocenters. The predicted molar refractivity (Wildman–Crippen MR) is 94.6 cm³/mol. The van der Waals surface area contributed by atoms with Gasteiger partial charge in [-0.3, -0.25) is 19.2 Å². The molecule has 0 spiro atoms. The lowest BCUT2D eigenvalue weighted by atomic mass is 9.99. The first-order valence-electron chi connectivity index (χ1n) is 8.44. The van der Waals surface area contributed by atoms with Crippen molar-refractivity contribution in [3.8, 4) is 6.07 Å². The van der Waals surface area contributed by atoms with E-state index in [1.54, 1.807) is 0 Å². The van der Waals surface area contributed by atoms with E-state index in [9.17, 15) is 19.2 Å². The van der Waals surface area contributed by atoms with Crippen LogP contribution in [0.2, 0.25) is 0 Å². The van der Waals surface area contributed by atoms with Crippen LogP contribution in [0.25, 0.3) is 0 Å². The van der Waals surface area contributed by atoms with Crippen molar-refractivity contribution < 1.29 is 42.9 Å². The normalized spacial score (nSPS) is 26.5. The smallest absolute Gasteiger partial charge is 0.303 e. The number of hydrogen-bond acceptors (Lipinski definition) is 11. The second kappa shape index (κ2) is 11.5. The molecular weight excluding hydrogens is 394 g/mol. The van der Waals surface area contributed by atoms with Crippen molar-refractivity contribution in [3.05, 3.63) is 0 Å². The van der Waals surface area contributed by atoms with Crippen LogP contribution in [-0.2, 0) is 42.9 Å². The number of nitriles is 1. The van der Waals surface area contributed by atoms with E-state index in [1.807, 2.05) is 6.07 Å². The minimum atomic E-state index is -1.18. The van der Waals surface area contributed by atoms with Gasteiger partial charge in [0.15, 0.2) is 18.3 Å². The van der Waals surface area contributed by atoms with Crippen molar-refractivity contribution in [1.82, 2.24) is 0 Å². The molecule has 0 aromatic carbocycles. The van der Waals surface area contributed by atoms with E-state index in [0.717, 1.165) is 13.8 Å². The summed E-state index contributed by atoms with van der Waals surface area (Å²) in [6, 6.07) is 1.98. The Balaban J connectivity index is 3.23. The highest BCUT2D eigenvalue weighted by molar-refractivity contribution is 7.99. The van der Waals surface area contributed by atoms with Gasteiger partial charge in [-0.05, 0) is 0 Å². The highest BCUT2D eigenvalue weighted by Crippen LogP contribution is 2.34. The number of esters is 4. The topological polar surface area (TPSA) is 138 Å². The molecular formula is C17H23NO9S. The quantitative estimate of drug-likeness (QED) is 0.313. The maximum absolute atomic E-state index is 11.6. The zero-order valence-electron chi connectivity index (χ0n) is 16.0.